The monoisotopic (exact) mass is 558 g/mol. The van der Waals surface area contributed by atoms with Crippen molar-refractivity contribution in [1.29, 1.82) is 0 Å². The minimum atomic E-state index is -0.669. The Morgan fingerprint density at radius 2 is 1.80 bits per heavy atom. The molecule has 0 amide bonds. The van der Waals surface area contributed by atoms with Gasteiger partial charge in [0.15, 0.2) is 17.4 Å². The molecular weight excluding hydrogens is 526 g/mol. The number of nitrogens with zero attached hydrogens (tertiary/aromatic N) is 7. The number of aromatic nitrogens is 2. The standard InChI is InChI=1S/C30H32F2N8O/c1-3-27(23-15-24(31)17-25(32)16-23)36-30-28(4-2)37-38-40(30)20-21-6-5-7-22(14-21)29-34-18-26(19-35-29)41-13-12-39-10-8-33-9-11-39/h3-7,14-19,33H,8-13,20H2,1-2H3/b27-3-,28-4?,36-30?. The van der Waals surface area contributed by atoms with Gasteiger partial charge in [-0.05, 0) is 37.6 Å². The van der Waals surface area contributed by atoms with Gasteiger partial charge in [0.2, 0.25) is 0 Å². The number of allylic oxidation sites excluding steroid dienone is 2. The van der Waals surface area contributed by atoms with Crippen LogP contribution in [-0.2, 0) is 6.54 Å². The Bertz CT molecular complexity index is 1460. The summed E-state index contributed by atoms with van der Waals surface area (Å²) in [7, 11) is 0. The third-order valence-corrected chi connectivity index (χ3v) is 6.70. The van der Waals surface area contributed by atoms with Crippen LogP contribution in [0.5, 0.6) is 5.75 Å². The topological polar surface area (TPSA) is 90.6 Å². The van der Waals surface area contributed by atoms with E-state index in [9.17, 15) is 8.78 Å². The smallest absolute Gasteiger partial charge is 0.179 e. The molecular formula is C30H32F2N8O. The van der Waals surface area contributed by atoms with Crippen LogP contribution in [0.1, 0.15) is 25.0 Å². The number of nitrogens with one attached hydrogen (secondary N) is 1. The number of hydrogen-bond acceptors (Lipinski definition) is 8. The summed E-state index contributed by atoms with van der Waals surface area (Å²) in [5.74, 6) is 0.357. The van der Waals surface area contributed by atoms with E-state index in [4.69, 9.17) is 9.73 Å². The highest BCUT2D eigenvalue weighted by atomic mass is 19.1. The van der Waals surface area contributed by atoms with Crippen LogP contribution in [0.25, 0.3) is 17.1 Å². The van der Waals surface area contributed by atoms with Crippen molar-refractivity contribution >= 4 is 11.5 Å². The molecule has 0 aliphatic carbocycles. The third kappa shape index (κ3) is 7.24. The number of hydrogen-bond donors (Lipinski definition) is 1. The number of amidine groups is 1. The lowest BCUT2D eigenvalue weighted by atomic mass is 10.1. The van der Waals surface area contributed by atoms with Crippen molar-refractivity contribution in [2.45, 2.75) is 20.4 Å². The third-order valence-electron chi connectivity index (χ3n) is 6.70. The van der Waals surface area contributed by atoms with Crippen molar-refractivity contribution in [2.24, 2.45) is 15.3 Å². The zero-order chi connectivity index (χ0) is 28.6. The minimum absolute atomic E-state index is 0.329. The Kier molecular flexibility index (Phi) is 9.17. The largest absolute Gasteiger partial charge is 0.489 e. The second kappa shape index (κ2) is 13.3. The van der Waals surface area contributed by atoms with Gasteiger partial charge in [-0.25, -0.2) is 28.8 Å². The van der Waals surface area contributed by atoms with E-state index in [1.165, 1.54) is 12.1 Å². The molecule has 5 rings (SSSR count). The Labute approximate surface area is 238 Å². The number of ether oxygens (including phenoxy) is 1. The fraction of sp³-hybridized carbons (Fsp3) is 0.300. The van der Waals surface area contributed by atoms with Gasteiger partial charge in [0.05, 0.1) is 24.6 Å². The number of rotatable bonds is 9. The Hall–Kier alpha value is -4.35. The van der Waals surface area contributed by atoms with Crippen LogP contribution in [0.4, 0.5) is 8.78 Å². The van der Waals surface area contributed by atoms with E-state index in [-0.39, 0.29) is 0 Å². The lowest BCUT2D eigenvalue weighted by Crippen LogP contribution is -2.44. The summed E-state index contributed by atoms with van der Waals surface area (Å²) in [5, 5.41) is 13.5. The first-order chi connectivity index (χ1) is 20.0. The molecule has 0 bridgehead atoms. The second-order valence-electron chi connectivity index (χ2n) is 9.57. The summed E-state index contributed by atoms with van der Waals surface area (Å²) in [5.41, 5.74) is 3.08. The summed E-state index contributed by atoms with van der Waals surface area (Å²) < 4.78 is 33.6. The molecule has 3 heterocycles. The molecule has 0 spiro atoms. The van der Waals surface area contributed by atoms with Crippen molar-refractivity contribution in [3.05, 3.63) is 95.5 Å². The lowest BCUT2D eigenvalue weighted by molar-refractivity contribution is 0.191. The zero-order valence-electron chi connectivity index (χ0n) is 23.1. The molecule has 2 aliphatic heterocycles. The summed E-state index contributed by atoms with van der Waals surface area (Å²) in [6.45, 7) is 9.50. The molecule has 0 atom stereocenters. The first kappa shape index (κ1) is 28.2. The SMILES string of the molecule is CC=C1N=NN(Cc2cccc(-c3ncc(OCCN4CCNCC4)cn3)c2)C1=N/C(=C\C)c1cc(F)cc(F)c1. The maximum absolute atomic E-state index is 13.9. The molecule has 2 aliphatic rings. The van der Waals surface area contributed by atoms with Gasteiger partial charge in [0, 0.05) is 49.9 Å². The van der Waals surface area contributed by atoms with Gasteiger partial charge in [0.1, 0.15) is 23.9 Å². The second-order valence-corrected chi connectivity index (χ2v) is 9.57. The summed E-state index contributed by atoms with van der Waals surface area (Å²) >= 11 is 0. The molecule has 0 unspecified atom stereocenters. The Morgan fingerprint density at radius 1 is 1.05 bits per heavy atom. The first-order valence-corrected chi connectivity index (χ1v) is 13.6. The van der Waals surface area contributed by atoms with Crippen molar-refractivity contribution in [3.8, 4) is 17.1 Å². The normalized spacial score (nSPS) is 18.0. The lowest BCUT2D eigenvalue weighted by Gasteiger charge is -2.26. The van der Waals surface area contributed by atoms with Gasteiger partial charge in [-0.15, -0.1) is 5.11 Å². The first-order valence-electron chi connectivity index (χ1n) is 13.6. The number of halogens is 2. The molecule has 1 saturated heterocycles. The molecule has 3 aromatic rings. The van der Waals surface area contributed by atoms with Gasteiger partial charge in [-0.2, -0.15) is 0 Å². The van der Waals surface area contributed by atoms with E-state index in [1.807, 2.05) is 31.2 Å². The van der Waals surface area contributed by atoms with E-state index in [1.54, 1.807) is 36.5 Å². The van der Waals surface area contributed by atoms with Crippen LogP contribution in [0, 0.1) is 11.6 Å². The van der Waals surface area contributed by atoms with Crippen molar-refractivity contribution in [3.63, 3.8) is 0 Å². The maximum atomic E-state index is 13.9. The van der Waals surface area contributed by atoms with E-state index in [0.29, 0.717) is 47.5 Å². The van der Waals surface area contributed by atoms with Crippen molar-refractivity contribution in [2.75, 3.05) is 39.3 Å². The van der Waals surface area contributed by atoms with Crippen LogP contribution >= 0.6 is 0 Å². The van der Waals surface area contributed by atoms with E-state index in [0.717, 1.165) is 49.9 Å². The van der Waals surface area contributed by atoms with E-state index >= 15 is 0 Å². The molecule has 9 nitrogen and oxygen atoms in total. The van der Waals surface area contributed by atoms with Crippen LogP contribution in [0.3, 0.4) is 0 Å². The van der Waals surface area contributed by atoms with Crippen LogP contribution < -0.4 is 10.1 Å². The van der Waals surface area contributed by atoms with Gasteiger partial charge < -0.3 is 10.1 Å². The minimum Gasteiger partial charge on any atom is -0.489 e. The molecule has 41 heavy (non-hydrogen) atoms. The highest BCUT2D eigenvalue weighted by molar-refractivity contribution is 6.01. The van der Waals surface area contributed by atoms with Gasteiger partial charge in [-0.1, -0.05) is 35.6 Å². The van der Waals surface area contributed by atoms with Gasteiger partial charge in [-0.3, -0.25) is 4.90 Å². The van der Waals surface area contributed by atoms with Gasteiger partial charge in [0.25, 0.3) is 0 Å². The molecule has 1 aromatic heterocycles. The summed E-state index contributed by atoms with van der Waals surface area (Å²) in [6, 6.07) is 11.2. The van der Waals surface area contributed by atoms with Crippen LogP contribution in [0.15, 0.2) is 88.0 Å². The average molecular weight is 559 g/mol. The highest BCUT2D eigenvalue weighted by Gasteiger charge is 2.23. The maximum Gasteiger partial charge on any atom is 0.179 e. The molecule has 0 radical (unpaired) electrons. The number of benzene rings is 2. The molecule has 1 N–H and O–H groups in total. The molecule has 1 fully saturated rings. The molecule has 2 aromatic carbocycles. The highest BCUT2D eigenvalue weighted by Crippen LogP contribution is 2.26. The fourth-order valence-corrected chi connectivity index (χ4v) is 4.59. The van der Waals surface area contributed by atoms with Crippen molar-refractivity contribution in [1.82, 2.24) is 25.2 Å². The average Bonchev–Trinajstić information content (AvgIpc) is 3.37. The predicted octanol–water partition coefficient (Wildman–Crippen LogP) is 5.25. The molecule has 0 saturated carbocycles. The Morgan fingerprint density at radius 3 is 2.51 bits per heavy atom. The van der Waals surface area contributed by atoms with E-state index < -0.39 is 11.6 Å². The summed E-state index contributed by atoms with van der Waals surface area (Å²) in [4.78, 5) is 16.1. The number of aliphatic imine (C=N–C) groups is 1. The van der Waals surface area contributed by atoms with Crippen LogP contribution in [0.2, 0.25) is 0 Å². The predicted molar refractivity (Wildman–Crippen MR) is 154 cm³/mol. The number of piperazine rings is 1. The van der Waals surface area contributed by atoms with Gasteiger partial charge >= 0.3 is 0 Å². The van der Waals surface area contributed by atoms with Crippen molar-refractivity contribution < 1.29 is 13.5 Å². The van der Waals surface area contributed by atoms with Crippen LogP contribution in [-0.4, -0.2) is 65.0 Å². The molecule has 212 valence electrons. The Balaban J connectivity index is 1.28. The van der Waals surface area contributed by atoms with E-state index in [2.05, 4.69) is 30.5 Å². The zero-order valence-corrected chi connectivity index (χ0v) is 23.1. The molecule has 11 heteroatoms. The quantitative estimate of drug-likeness (QED) is 0.386. The fourth-order valence-electron chi connectivity index (χ4n) is 4.59. The summed E-state index contributed by atoms with van der Waals surface area (Å²) in [6.07, 6.45) is 6.87.